The zero-order valence-electron chi connectivity index (χ0n) is 15.4. The second-order valence-corrected chi connectivity index (χ2v) is 9.31. The fourth-order valence-electron chi connectivity index (χ4n) is 2.87. The van der Waals surface area contributed by atoms with Crippen LogP contribution in [0.25, 0.3) is 0 Å². The highest BCUT2D eigenvalue weighted by molar-refractivity contribution is 7.89. The number of hydrogen-bond acceptors (Lipinski definition) is 7. The maximum absolute atomic E-state index is 12.7. The second-order valence-electron chi connectivity index (χ2n) is 6.29. The Balaban J connectivity index is 1.64. The minimum Gasteiger partial charge on any atom is -0.335 e. The smallest absolute Gasteiger partial charge is 0.269 e. The number of rotatable bonds is 5. The lowest BCUT2D eigenvalue weighted by atomic mass is 10.3. The van der Waals surface area contributed by atoms with Crippen LogP contribution >= 0.6 is 11.3 Å². The van der Waals surface area contributed by atoms with Crippen LogP contribution in [0.1, 0.15) is 16.6 Å². The number of non-ortho nitro benzene ring substituents is 1. The van der Waals surface area contributed by atoms with E-state index in [0.29, 0.717) is 9.88 Å². The molecule has 1 aromatic carbocycles. The van der Waals surface area contributed by atoms with Crippen molar-refractivity contribution in [2.45, 2.75) is 11.8 Å². The van der Waals surface area contributed by atoms with Gasteiger partial charge in [0.2, 0.25) is 15.9 Å². The van der Waals surface area contributed by atoms with Crippen LogP contribution < -0.4 is 5.32 Å². The van der Waals surface area contributed by atoms with E-state index in [0.717, 1.165) is 23.5 Å². The van der Waals surface area contributed by atoms with Crippen LogP contribution in [-0.4, -0.2) is 60.5 Å². The van der Waals surface area contributed by atoms with E-state index in [2.05, 4.69) is 5.32 Å². The van der Waals surface area contributed by atoms with Gasteiger partial charge < -0.3 is 10.2 Å². The van der Waals surface area contributed by atoms with Crippen LogP contribution in [0.4, 0.5) is 10.7 Å². The molecular weight excluding hydrogens is 420 g/mol. The quantitative estimate of drug-likeness (QED) is 0.559. The van der Waals surface area contributed by atoms with Crippen molar-refractivity contribution in [1.29, 1.82) is 0 Å². The number of nitro benzene ring substituents is 1. The summed E-state index contributed by atoms with van der Waals surface area (Å²) in [4.78, 5) is 35.8. The molecule has 0 spiro atoms. The number of nitrogens with zero attached hydrogens (tertiary/aromatic N) is 3. The fraction of sp³-hybridized carbons (Fsp3) is 0.294. The van der Waals surface area contributed by atoms with Crippen molar-refractivity contribution in [3.05, 3.63) is 51.4 Å². The molecule has 154 valence electrons. The summed E-state index contributed by atoms with van der Waals surface area (Å²) in [5.41, 5.74) is -0.186. The number of hydrogen-bond donors (Lipinski definition) is 1. The molecule has 2 aromatic rings. The van der Waals surface area contributed by atoms with Crippen LogP contribution in [0.15, 0.2) is 41.3 Å². The molecule has 10 nitrogen and oxygen atoms in total. The van der Waals surface area contributed by atoms with Gasteiger partial charge in [0.25, 0.3) is 11.6 Å². The van der Waals surface area contributed by atoms with Gasteiger partial charge in [0.15, 0.2) is 0 Å². The third-order valence-corrected chi connectivity index (χ3v) is 7.23. The van der Waals surface area contributed by atoms with Crippen molar-refractivity contribution in [2.24, 2.45) is 0 Å². The van der Waals surface area contributed by atoms with Crippen molar-refractivity contribution in [1.82, 2.24) is 9.21 Å². The minimum atomic E-state index is -3.80. The summed E-state index contributed by atoms with van der Waals surface area (Å²) in [7, 11) is -3.80. The standard InChI is InChI=1S/C17H18N4O6S2/c1-12(22)18-16-7-6-15(28-16)17(23)19-8-10-20(11-9-19)29(26,27)14-4-2-13(3-5-14)21(24)25/h2-7H,8-11H2,1H3,(H,18,22). The maximum Gasteiger partial charge on any atom is 0.269 e. The Hall–Kier alpha value is -2.83. The summed E-state index contributed by atoms with van der Waals surface area (Å²) >= 11 is 1.16. The topological polar surface area (TPSA) is 130 Å². The number of nitro groups is 1. The third kappa shape index (κ3) is 4.60. The number of sulfonamides is 1. The Bertz CT molecular complexity index is 1040. The summed E-state index contributed by atoms with van der Waals surface area (Å²) in [5.74, 6) is -0.449. The molecule has 1 N–H and O–H groups in total. The van der Waals surface area contributed by atoms with E-state index >= 15 is 0 Å². The lowest BCUT2D eigenvalue weighted by molar-refractivity contribution is -0.384. The van der Waals surface area contributed by atoms with Crippen LogP contribution in [-0.2, 0) is 14.8 Å². The summed E-state index contributed by atoms with van der Waals surface area (Å²) in [5, 5.41) is 13.9. The largest absolute Gasteiger partial charge is 0.335 e. The molecule has 1 saturated heterocycles. The van der Waals surface area contributed by atoms with Gasteiger partial charge in [-0.25, -0.2) is 8.42 Å². The van der Waals surface area contributed by atoms with Crippen LogP contribution in [0.5, 0.6) is 0 Å². The van der Waals surface area contributed by atoms with Gasteiger partial charge in [-0.1, -0.05) is 0 Å². The highest BCUT2D eigenvalue weighted by Crippen LogP contribution is 2.25. The molecular formula is C17H18N4O6S2. The summed E-state index contributed by atoms with van der Waals surface area (Å²) in [6.07, 6.45) is 0. The van der Waals surface area contributed by atoms with Crippen LogP contribution in [0.2, 0.25) is 0 Å². The molecule has 2 heterocycles. The first-order valence-electron chi connectivity index (χ1n) is 8.60. The number of benzene rings is 1. The Kier molecular flexibility index (Phi) is 5.96. The maximum atomic E-state index is 12.7. The number of amides is 2. The van der Waals surface area contributed by atoms with Gasteiger partial charge in [-0.15, -0.1) is 11.3 Å². The van der Waals surface area contributed by atoms with Crippen molar-refractivity contribution in [2.75, 3.05) is 31.5 Å². The van der Waals surface area contributed by atoms with E-state index in [1.165, 1.54) is 23.4 Å². The monoisotopic (exact) mass is 438 g/mol. The highest BCUT2D eigenvalue weighted by atomic mass is 32.2. The molecule has 1 aromatic heterocycles. The Morgan fingerprint density at radius 2 is 1.69 bits per heavy atom. The molecule has 1 aliphatic rings. The first kappa shape index (κ1) is 20.9. The average molecular weight is 438 g/mol. The SMILES string of the molecule is CC(=O)Nc1ccc(C(=O)N2CCN(S(=O)(=O)c3ccc([N+](=O)[O-])cc3)CC2)s1. The average Bonchev–Trinajstić information content (AvgIpc) is 3.15. The van der Waals surface area contributed by atoms with Gasteiger partial charge in [0.05, 0.1) is 19.7 Å². The van der Waals surface area contributed by atoms with Crippen molar-refractivity contribution in [3.63, 3.8) is 0 Å². The van der Waals surface area contributed by atoms with Gasteiger partial charge >= 0.3 is 0 Å². The zero-order valence-corrected chi connectivity index (χ0v) is 17.0. The number of carbonyl (C=O) groups is 2. The van der Waals surface area contributed by atoms with Crippen LogP contribution in [0.3, 0.4) is 0 Å². The molecule has 3 rings (SSSR count). The van der Waals surface area contributed by atoms with Gasteiger partial charge in [-0.05, 0) is 24.3 Å². The third-order valence-electron chi connectivity index (χ3n) is 4.33. The van der Waals surface area contributed by atoms with E-state index < -0.39 is 14.9 Å². The number of anilines is 1. The van der Waals surface area contributed by atoms with Crippen molar-refractivity contribution >= 4 is 43.9 Å². The Morgan fingerprint density at radius 3 is 2.24 bits per heavy atom. The normalized spacial score (nSPS) is 15.1. The molecule has 0 radical (unpaired) electrons. The molecule has 12 heteroatoms. The van der Waals surface area contributed by atoms with Gasteiger partial charge in [0.1, 0.15) is 0 Å². The first-order chi connectivity index (χ1) is 13.7. The predicted molar refractivity (Wildman–Crippen MR) is 106 cm³/mol. The summed E-state index contributed by atoms with van der Waals surface area (Å²) in [6.45, 7) is 2.06. The number of piperazine rings is 1. The zero-order chi connectivity index (χ0) is 21.2. The molecule has 0 atom stereocenters. The van der Waals surface area contributed by atoms with Crippen LogP contribution in [0, 0.1) is 10.1 Å². The van der Waals surface area contributed by atoms with E-state index in [-0.39, 0.29) is 48.6 Å². The van der Waals surface area contributed by atoms with E-state index in [1.54, 1.807) is 17.0 Å². The van der Waals surface area contributed by atoms with E-state index in [1.807, 2.05) is 0 Å². The molecule has 0 aliphatic carbocycles. The van der Waals surface area contributed by atoms with E-state index in [4.69, 9.17) is 0 Å². The van der Waals surface area contributed by atoms with Crippen molar-refractivity contribution < 1.29 is 22.9 Å². The minimum absolute atomic E-state index is 0.0268. The Labute approximate surface area is 170 Å². The van der Waals surface area contributed by atoms with Gasteiger partial charge in [-0.2, -0.15) is 4.31 Å². The second kappa shape index (κ2) is 8.27. The molecule has 1 fully saturated rings. The summed E-state index contributed by atoms with van der Waals surface area (Å²) < 4.78 is 26.7. The molecule has 1 aliphatic heterocycles. The number of thiophene rings is 1. The first-order valence-corrected chi connectivity index (χ1v) is 10.9. The Morgan fingerprint density at radius 1 is 1.07 bits per heavy atom. The lowest BCUT2D eigenvalue weighted by Gasteiger charge is -2.33. The molecule has 0 unspecified atom stereocenters. The lowest BCUT2D eigenvalue weighted by Crippen LogP contribution is -2.50. The van der Waals surface area contributed by atoms with Crippen molar-refractivity contribution in [3.8, 4) is 0 Å². The van der Waals surface area contributed by atoms with Gasteiger partial charge in [-0.3, -0.25) is 19.7 Å². The molecule has 0 bridgehead atoms. The fourth-order valence-corrected chi connectivity index (χ4v) is 5.21. The molecule has 29 heavy (non-hydrogen) atoms. The predicted octanol–water partition coefficient (Wildman–Crippen LogP) is 1.76. The number of carbonyl (C=O) groups excluding carboxylic acids is 2. The summed E-state index contributed by atoms with van der Waals surface area (Å²) in [6, 6.07) is 7.99. The van der Waals surface area contributed by atoms with E-state index in [9.17, 15) is 28.1 Å². The highest BCUT2D eigenvalue weighted by Gasteiger charge is 2.31. The molecule has 0 saturated carbocycles. The van der Waals surface area contributed by atoms with Gasteiger partial charge in [0, 0.05) is 45.2 Å². The molecule has 2 amide bonds. The number of nitrogens with one attached hydrogen (secondary N) is 1.